The summed E-state index contributed by atoms with van der Waals surface area (Å²) in [5.41, 5.74) is 13.1. The first-order valence-corrected chi connectivity index (χ1v) is 12.1. The van der Waals surface area contributed by atoms with Crippen molar-refractivity contribution in [1.29, 1.82) is 0 Å². The molecule has 196 valence electrons. The van der Waals surface area contributed by atoms with Gasteiger partial charge < -0.3 is 16.4 Å². The van der Waals surface area contributed by atoms with E-state index in [0.29, 0.717) is 17.2 Å². The van der Waals surface area contributed by atoms with E-state index in [-0.39, 0.29) is 30.9 Å². The molecule has 4 aromatic rings. The number of amides is 3. The van der Waals surface area contributed by atoms with Gasteiger partial charge in [0.05, 0.1) is 6.04 Å². The number of carbonyl (C=O) groups excluding carboxylic acids is 2. The molecule has 0 aliphatic rings. The van der Waals surface area contributed by atoms with Crippen LogP contribution in [0.5, 0.6) is 0 Å². The Morgan fingerprint density at radius 2 is 1.82 bits per heavy atom. The minimum atomic E-state index is -0.548. The number of urea groups is 1. The number of hydrazine groups is 1. The SMILES string of the molecule is Cc1nc(N)ccc1CNC(=O)Cn1c(C)cnc(NNC(=O)N[C@H](C)c2cccc3ccccc23)c1=O. The van der Waals surface area contributed by atoms with Crippen LogP contribution < -0.4 is 32.8 Å². The molecule has 0 saturated carbocycles. The largest absolute Gasteiger partial charge is 0.384 e. The second kappa shape index (κ2) is 11.4. The Kier molecular flexibility index (Phi) is 7.86. The second-order valence-electron chi connectivity index (χ2n) is 8.91. The van der Waals surface area contributed by atoms with E-state index in [9.17, 15) is 14.4 Å². The number of fused-ring (bicyclic) bond motifs is 1. The number of aryl methyl sites for hydroxylation is 2. The van der Waals surface area contributed by atoms with Crippen LogP contribution in [0.2, 0.25) is 0 Å². The van der Waals surface area contributed by atoms with Crippen molar-refractivity contribution in [2.45, 2.75) is 39.9 Å². The van der Waals surface area contributed by atoms with Crippen LogP contribution in [0.25, 0.3) is 10.8 Å². The number of nitrogen functional groups attached to an aromatic ring is 1. The van der Waals surface area contributed by atoms with E-state index in [1.54, 1.807) is 26.0 Å². The lowest BCUT2D eigenvalue weighted by Gasteiger charge is -2.18. The number of carbonyl (C=O) groups is 2. The molecule has 0 aliphatic heterocycles. The van der Waals surface area contributed by atoms with Crippen molar-refractivity contribution in [2.24, 2.45) is 0 Å². The summed E-state index contributed by atoms with van der Waals surface area (Å²) in [7, 11) is 0. The molecule has 2 heterocycles. The van der Waals surface area contributed by atoms with Crippen LogP contribution in [-0.2, 0) is 17.9 Å². The number of aromatic nitrogens is 3. The highest BCUT2D eigenvalue weighted by Gasteiger charge is 2.15. The van der Waals surface area contributed by atoms with Gasteiger partial charge in [-0.05, 0) is 48.7 Å². The van der Waals surface area contributed by atoms with Gasteiger partial charge in [0.25, 0.3) is 5.56 Å². The zero-order valence-corrected chi connectivity index (χ0v) is 21.4. The summed E-state index contributed by atoms with van der Waals surface area (Å²) < 4.78 is 1.27. The van der Waals surface area contributed by atoms with Gasteiger partial charge in [0.15, 0.2) is 0 Å². The van der Waals surface area contributed by atoms with E-state index in [2.05, 4.69) is 31.5 Å². The van der Waals surface area contributed by atoms with Gasteiger partial charge in [-0.25, -0.2) is 14.8 Å². The van der Waals surface area contributed by atoms with E-state index in [1.807, 2.05) is 49.4 Å². The van der Waals surface area contributed by atoms with Crippen molar-refractivity contribution in [1.82, 2.24) is 30.6 Å². The number of hydrogen-bond donors (Lipinski definition) is 5. The highest BCUT2D eigenvalue weighted by molar-refractivity contribution is 5.86. The lowest BCUT2D eigenvalue weighted by atomic mass is 10.00. The molecular weight excluding hydrogens is 484 g/mol. The molecule has 1 atom stereocenters. The van der Waals surface area contributed by atoms with Gasteiger partial charge in [0.2, 0.25) is 11.7 Å². The molecule has 3 amide bonds. The molecular formula is C27H30N8O3. The number of pyridine rings is 1. The van der Waals surface area contributed by atoms with E-state index < -0.39 is 11.6 Å². The van der Waals surface area contributed by atoms with Gasteiger partial charge in [0.1, 0.15) is 12.4 Å². The first kappa shape index (κ1) is 26.1. The number of rotatable bonds is 8. The van der Waals surface area contributed by atoms with Crippen LogP contribution in [-0.4, -0.2) is 26.5 Å². The molecule has 2 aromatic heterocycles. The van der Waals surface area contributed by atoms with Crippen molar-refractivity contribution in [3.63, 3.8) is 0 Å². The van der Waals surface area contributed by atoms with Crippen LogP contribution in [0.3, 0.4) is 0 Å². The smallest absolute Gasteiger partial charge is 0.333 e. The highest BCUT2D eigenvalue weighted by atomic mass is 16.2. The molecule has 4 rings (SSSR count). The maximum Gasteiger partial charge on any atom is 0.333 e. The van der Waals surface area contributed by atoms with Crippen LogP contribution in [0, 0.1) is 13.8 Å². The van der Waals surface area contributed by atoms with E-state index in [4.69, 9.17) is 5.73 Å². The molecule has 0 aliphatic carbocycles. The lowest BCUT2D eigenvalue weighted by Crippen LogP contribution is -2.42. The Bertz CT molecular complexity index is 1540. The number of benzene rings is 2. The molecule has 0 bridgehead atoms. The molecule has 0 saturated heterocycles. The topological polar surface area (TPSA) is 156 Å². The second-order valence-corrected chi connectivity index (χ2v) is 8.91. The Balaban J connectivity index is 1.36. The van der Waals surface area contributed by atoms with E-state index >= 15 is 0 Å². The minimum Gasteiger partial charge on any atom is -0.384 e. The minimum absolute atomic E-state index is 0.116. The summed E-state index contributed by atoms with van der Waals surface area (Å²) in [5.74, 6) is -0.0741. The van der Waals surface area contributed by atoms with Crippen LogP contribution >= 0.6 is 0 Å². The molecule has 2 aromatic carbocycles. The average Bonchev–Trinajstić information content (AvgIpc) is 2.89. The van der Waals surface area contributed by atoms with E-state index in [1.165, 1.54) is 10.8 Å². The molecule has 0 unspecified atom stereocenters. The third kappa shape index (κ3) is 6.06. The molecule has 6 N–H and O–H groups in total. The standard InChI is InChI=1S/C27H30N8O3/c1-16-13-30-25(26(37)35(16)15-24(36)29-14-20-11-12-23(28)31-17(20)2)33-34-27(38)32-18(3)21-10-6-8-19-7-4-5-9-22(19)21/h4-13,18H,14-15H2,1-3H3,(H2,28,31)(H,29,36)(H,30,33)(H2,32,34,38)/t18-/m1/s1. The summed E-state index contributed by atoms with van der Waals surface area (Å²) in [4.78, 5) is 46.3. The van der Waals surface area contributed by atoms with Crippen LogP contribution in [0.4, 0.5) is 16.4 Å². The maximum absolute atomic E-state index is 13.0. The van der Waals surface area contributed by atoms with Gasteiger partial charge in [-0.3, -0.25) is 25.0 Å². The Labute approximate surface area is 219 Å². The van der Waals surface area contributed by atoms with Crippen molar-refractivity contribution >= 4 is 34.3 Å². The number of hydrogen-bond acceptors (Lipinski definition) is 7. The average molecular weight is 515 g/mol. The van der Waals surface area contributed by atoms with Crippen LogP contribution in [0.1, 0.15) is 35.5 Å². The van der Waals surface area contributed by atoms with Crippen molar-refractivity contribution in [2.75, 3.05) is 11.2 Å². The Hall–Kier alpha value is -4.93. The van der Waals surface area contributed by atoms with Gasteiger partial charge >= 0.3 is 6.03 Å². The number of nitrogens with two attached hydrogens (primary N) is 1. The molecule has 0 radical (unpaired) electrons. The molecule has 0 spiro atoms. The van der Waals surface area contributed by atoms with Gasteiger partial charge in [-0.2, -0.15) is 0 Å². The Morgan fingerprint density at radius 3 is 2.61 bits per heavy atom. The fourth-order valence-electron chi connectivity index (χ4n) is 4.10. The highest BCUT2D eigenvalue weighted by Crippen LogP contribution is 2.23. The lowest BCUT2D eigenvalue weighted by molar-refractivity contribution is -0.121. The van der Waals surface area contributed by atoms with E-state index in [0.717, 1.165) is 21.9 Å². The number of nitrogens with one attached hydrogen (secondary N) is 4. The molecule has 38 heavy (non-hydrogen) atoms. The molecule has 0 fully saturated rings. The van der Waals surface area contributed by atoms with Gasteiger partial charge in [-0.1, -0.05) is 48.5 Å². The normalized spacial score (nSPS) is 11.6. The third-order valence-electron chi connectivity index (χ3n) is 6.18. The monoisotopic (exact) mass is 514 g/mol. The molecule has 11 nitrogen and oxygen atoms in total. The van der Waals surface area contributed by atoms with Crippen molar-refractivity contribution in [3.05, 3.63) is 93.7 Å². The third-order valence-corrected chi connectivity index (χ3v) is 6.18. The zero-order chi connectivity index (χ0) is 27.2. The predicted molar refractivity (Wildman–Crippen MR) is 146 cm³/mol. The predicted octanol–water partition coefficient (Wildman–Crippen LogP) is 2.69. The Morgan fingerprint density at radius 1 is 1.05 bits per heavy atom. The quantitative estimate of drug-likeness (QED) is 0.226. The number of anilines is 2. The summed E-state index contributed by atoms with van der Waals surface area (Å²) >= 11 is 0. The molecule has 11 heteroatoms. The fraction of sp³-hybridized carbons (Fsp3) is 0.222. The van der Waals surface area contributed by atoms with Crippen molar-refractivity contribution in [3.8, 4) is 0 Å². The maximum atomic E-state index is 13.0. The zero-order valence-electron chi connectivity index (χ0n) is 21.4. The van der Waals surface area contributed by atoms with Gasteiger partial charge in [0, 0.05) is 24.1 Å². The first-order valence-electron chi connectivity index (χ1n) is 12.1. The summed E-state index contributed by atoms with van der Waals surface area (Å²) in [6.07, 6.45) is 1.45. The van der Waals surface area contributed by atoms with Gasteiger partial charge in [-0.15, -0.1) is 0 Å². The summed E-state index contributed by atoms with van der Waals surface area (Å²) in [6.45, 7) is 5.38. The van der Waals surface area contributed by atoms with Crippen LogP contribution in [0.15, 0.2) is 65.6 Å². The van der Waals surface area contributed by atoms with Crippen molar-refractivity contribution < 1.29 is 9.59 Å². The first-order chi connectivity index (χ1) is 18.2. The summed E-state index contributed by atoms with van der Waals surface area (Å²) in [6, 6.07) is 16.5. The fourth-order valence-corrected chi connectivity index (χ4v) is 4.10. The number of nitrogens with zero attached hydrogens (tertiary/aromatic N) is 3. The summed E-state index contributed by atoms with van der Waals surface area (Å²) in [5, 5.41) is 7.75.